The molecule has 0 aromatic heterocycles. The number of aliphatic hydroxyl groups excluding tert-OH is 2. The standard InChI is InChI=1S/C38H44N2O3/c1-24(41)26-12-9-14-28(18-26)30-20-37(39-22-30,35(3,4)5)32-16-11-17-33(34(32)43)38(36(6,7)8)21-31(23-40-38)29-15-10-13-27(19-29)25(2)42/h9-25,41-43H,1-8H3. The molecule has 43 heavy (non-hydrogen) atoms. The van der Waals surface area contributed by atoms with E-state index in [1.807, 2.05) is 79.2 Å². The maximum atomic E-state index is 12.2. The number of aliphatic imine (C=N–C) groups is 2. The summed E-state index contributed by atoms with van der Waals surface area (Å²) < 4.78 is 0. The minimum atomic E-state index is -0.831. The Morgan fingerprint density at radius 1 is 0.605 bits per heavy atom. The summed E-state index contributed by atoms with van der Waals surface area (Å²) in [4.78, 5) is 10.3. The van der Waals surface area contributed by atoms with E-state index in [-0.39, 0.29) is 16.6 Å². The number of hydrogen-bond acceptors (Lipinski definition) is 5. The minimum absolute atomic E-state index is 0.187. The van der Waals surface area contributed by atoms with Gasteiger partial charge in [-0.25, -0.2) is 0 Å². The second kappa shape index (κ2) is 10.7. The predicted octanol–water partition coefficient (Wildman–Crippen LogP) is 8.32. The number of phenolic OH excluding ortho intramolecular Hbond substituents is 1. The molecule has 0 amide bonds. The van der Waals surface area contributed by atoms with Crippen LogP contribution in [0.1, 0.15) is 101 Å². The molecule has 0 saturated heterocycles. The van der Waals surface area contributed by atoms with E-state index >= 15 is 0 Å². The van der Waals surface area contributed by atoms with Gasteiger partial charge in [-0.1, -0.05) is 96.1 Å². The van der Waals surface area contributed by atoms with Crippen molar-refractivity contribution in [2.45, 2.75) is 78.7 Å². The van der Waals surface area contributed by atoms with E-state index < -0.39 is 23.3 Å². The van der Waals surface area contributed by atoms with Crippen molar-refractivity contribution in [3.05, 3.63) is 112 Å². The topological polar surface area (TPSA) is 85.4 Å². The van der Waals surface area contributed by atoms with Gasteiger partial charge >= 0.3 is 0 Å². The smallest absolute Gasteiger partial charge is 0.127 e. The largest absolute Gasteiger partial charge is 0.507 e. The maximum absolute atomic E-state index is 12.2. The lowest BCUT2D eigenvalue weighted by Crippen LogP contribution is -2.38. The van der Waals surface area contributed by atoms with Crippen LogP contribution in [0.4, 0.5) is 0 Å². The Morgan fingerprint density at radius 3 is 1.33 bits per heavy atom. The number of para-hydroxylation sites is 1. The molecule has 2 aliphatic heterocycles. The molecule has 3 aromatic rings. The normalized spacial score (nSPS) is 23.3. The maximum Gasteiger partial charge on any atom is 0.127 e. The number of phenols is 1. The van der Waals surface area contributed by atoms with Gasteiger partial charge in [0.1, 0.15) is 16.8 Å². The third-order valence-electron chi connectivity index (χ3n) is 9.09. The molecule has 2 aliphatic rings. The summed E-state index contributed by atoms with van der Waals surface area (Å²) in [6.07, 6.45) is 6.94. The Hall–Kier alpha value is -3.80. The Bertz CT molecular complexity index is 1540. The fourth-order valence-corrected chi connectivity index (χ4v) is 6.30. The second-order valence-corrected chi connectivity index (χ2v) is 14.1. The molecular weight excluding hydrogens is 532 g/mol. The summed E-state index contributed by atoms with van der Waals surface area (Å²) >= 11 is 0. The van der Waals surface area contributed by atoms with Crippen LogP contribution >= 0.6 is 0 Å². The van der Waals surface area contributed by atoms with Gasteiger partial charge in [-0.15, -0.1) is 0 Å². The van der Waals surface area contributed by atoms with Gasteiger partial charge in [0.2, 0.25) is 0 Å². The number of allylic oxidation sites excluding steroid dienone is 2. The number of aromatic hydroxyl groups is 1. The number of hydrogen-bond donors (Lipinski definition) is 3. The summed E-state index contributed by atoms with van der Waals surface area (Å²) in [5.41, 5.74) is 4.59. The van der Waals surface area contributed by atoms with Crippen molar-refractivity contribution in [1.29, 1.82) is 0 Å². The van der Waals surface area contributed by atoms with Crippen LogP contribution in [0, 0.1) is 10.8 Å². The lowest BCUT2D eigenvalue weighted by atomic mass is 9.65. The monoisotopic (exact) mass is 576 g/mol. The summed E-state index contributed by atoms with van der Waals surface area (Å²) in [5, 5.41) is 32.6. The predicted molar refractivity (Wildman–Crippen MR) is 177 cm³/mol. The van der Waals surface area contributed by atoms with Gasteiger partial charge in [0.15, 0.2) is 0 Å². The molecule has 5 rings (SSSR count). The molecule has 4 unspecified atom stereocenters. The van der Waals surface area contributed by atoms with Crippen molar-refractivity contribution < 1.29 is 15.3 Å². The van der Waals surface area contributed by atoms with E-state index in [0.717, 1.165) is 44.5 Å². The van der Waals surface area contributed by atoms with Crippen LogP contribution in [0.2, 0.25) is 0 Å². The van der Waals surface area contributed by atoms with Gasteiger partial charge in [0.25, 0.3) is 0 Å². The molecule has 0 fully saturated rings. The molecule has 0 radical (unpaired) electrons. The minimum Gasteiger partial charge on any atom is -0.507 e. The van der Waals surface area contributed by atoms with Gasteiger partial charge in [0, 0.05) is 23.6 Å². The fourth-order valence-electron chi connectivity index (χ4n) is 6.30. The first-order chi connectivity index (χ1) is 20.1. The van der Waals surface area contributed by atoms with Gasteiger partial charge in [-0.05, 0) is 82.4 Å². The zero-order chi connectivity index (χ0) is 31.4. The molecule has 0 aliphatic carbocycles. The summed E-state index contributed by atoms with van der Waals surface area (Å²) in [6.45, 7) is 16.4. The molecule has 0 spiro atoms. The van der Waals surface area contributed by atoms with Crippen molar-refractivity contribution in [2.24, 2.45) is 20.8 Å². The quantitative estimate of drug-likeness (QED) is 0.276. The molecule has 0 bridgehead atoms. The van der Waals surface area contributed by atoms with Crippen LogP contribution in [0.3, 0.4) is 0 Å². The average molecular weight is 577 g/mol. The van der Waals surface area contributed by atoms with Gasteiger partial charge in [-0.2, -0.15) is 0 Å². The van der Waals surface area contributed by atoms with Gasteiger partial charge in [0.05, 0.1) is 12.2 Å². The van der Waals surface area contributed by atoms with E-state index in [9.17, 15) is 15.3 Å². The van der Waals surface area contributed by atoms with Crippen molar-refractivity contribution in [2.75, 3.05) is 0 Å². The number of aliphatic hydroxyl groups is 2. The van der Waals surface area contributed by atoms with Crippen molar-refractivity contribution in [3.63, 3.8) is 0 Å². The average Bonchev–Trinajstić information content (AvgIpc) is 3.60. The molecular formula is C38H44N2O3. The van der Waals surface area contributed by atoms with E-state index in [1.165, 1.54) is 0 Å². The highest BCUT2D eigenvalue weighted by molar-refractivity contribution is 6.13. The van der Waals surface area contributed by atoms with Gasteiger partial charge < -0.3 is 15.3 Å². The Morgan fingerprint density at radius 2 is 0.977 bits per heavy atom. The molecule has 5 nitrogen and oxygen atoms in total. The third kappa shape index (κ3) is 5.19. The molecule has 2 heterocycles. The molecule has 0 saturated carbocycles. The first-order valence-corrected chi connectivity index (χ1v) is 15.1. The SMILES string of the molecule is CC(O)c1cccc(C2=CC(c3cccc(C4(C(C)(C)C)C=C(c5cccc(C(C)O)c5)C=N4)c3O)(C(C)(C)C)N=C2)c1. The highest BCUT2D eigenvalue weighted by Gasteiger charge is 2.50. The number of nitrogens with zero attached hydrogens (tertiary/aromatic N) is 2. The van der Waals surface area contributed by atoms with E-state index in [0.29, 0.717) is 0 Å². The van der Waals surface area contributed by atoms with E-state index in [2.05, 4.69) is 53.7 Å². The van der Waals surface area contributed by atoms with E-state index in [1.54, 1.807) is 13.8 Å². The summed E-state index contributed by atoms with van der Waals surface area (Å²) in [6, 6.07) is 21.7. The van der Waals surface area contributed by atoms with E-state index in [4.69, 9.17) is 9.98 Å². The molecule has 224 valence electrons. The summed E-state index contributed by atoms with van der Waals surface area (Å²) in [5.74, 6) is 0.187. The Labute approximate surface area is 256 Å². The lowest BCUT2D eigenvalue weighted by Gasteiger charge is -2.42. The highest BCUT2D eigenvalue weighted by atomic mass is 16.3. The van der Waals surface area contributed by atoms with Crippen LogP contribution in [-0.2, 0) is 11.1 Å². The lowest BCUT2D eigenvalue weighted by molar-refractivity contribution is 0.199. The van der Waals surface area contributed by atoms with Crippen LogP contribution in [0.15, 0.2) is 88.9 Å². The zero-order valence-electron chi connectivity index (χ0n) is 26.6. The van der Waals surface area contributed by atoms with Crippen molar-refractivity contribution in [1.82, 2.24) is 0 Å². The summed E-state index contributed by atoms with van der Waals surface area (Å²) in [7, 11) is 0. The Balaban J connectivity index is 1.67. The Kier molecular flexibility index (Phi) is 7.65. The number of rotatable bonds is 6. The van der Waals surface area contributed by atoms with Crippen LogP contribution in [-0.4, -0.2) is 27.7 Å². The van der Waals surface area contributed by atoms with Crippen molar-refractivity contribution >= 4 is 23.6 Å². The molecule has 3 N–H and O–H groups in total. The van der Waals surface area contributed by atoms with Crippen LogP contribution in [0.25, 0.3) is 11.1 Å². The van der Waals surface area contributed by atoms with Crippen molar-refractivity contribution in [3.8, 4) is 5.75 Å². The van der Waals surface area contributed by atoms with Gasteiger partial charge in [-0.3, -0.25) is 9.98 Å². The third-order valence-corrected chi connectivity index (χ3v) is 9.09. The van der Waals surface area contributed by atoms with Crippen LogP contribution < -0.4 is 0 Å². The molecule has 4 atom stereocenters. The fraction of sp³-hybridized carbons (Fsp3) is 0.368. The zero-order valence-corrected chi connectivity index (χ0v) is 26.6. The first-order valence-electron chi connectivity index (χ1n) is 15.1. The van der Waals surface area contributed by atoms with Crippen LogP contribution in [0.5, 0.6) is 5.75 Å². The number of benzene rings is 3. The molecule has 5 heteroatoms. The molecule has 3 aromatic carbocycles. The second-order valence-electron chi connectivity index (χ2n) is 14.1. The first kappa shape index (κ1) is 30.7. The highest BCUT2D eigenvalue weighted by Crippen LogP contribution is 2.56.